The monoisotopic (exact) mass is 262 g/mol. The maximum Gasteiger partial charge on any atom is 0.251 e. The van der Waals surface area contributed by atoms with Gasteiger partial charge in [-0.25, -0.2) is 0 Å². The van der Waals surface area contributed by atoms with Crippen LogP contribution in [0.15, 0.2) is 24.3 Å². The molecule has 0 spiro atoms. The SMILES string of the molecule is COCc1cccc(C(=O)NCC(=O)NC2CC2)c1. The van der Waals surface area contributed by atoms with Gasteiger partial charge in [-0.3, -0.25) is 9.59 Å². The highest BCUT2D eigenvalue weighted by Gasteiger charge is 2.23. The second-order valence-corrected chi connectivity index (χ2v) is 4.66. The Morgan fingerprint density at radius 3 is 2.84 bits per heavy atom. The number of hydrogen-bond acceptors (Lipinski definition) is 3. The van der Waals surface area contributed by atoms with Gasteiger partial charge in [-0.2, -0.15) is 0 Å². The van der Waals surface area contributed by atoms with Crippen molar-refractivity contribution < 1.29 is 14.3 Å². The Kier molecular flexibility index (Phi) is 4.52. The molecule has 0 saturated heterocycles. The van der Waals surface area contributed by atoms with Crippen molar-refractivity contribution >= 4 is 11.8 Å². The molecule has 0 aliphatic heterocycles. The lowest BCUT2D eigenvalue weighted by molar-refractivity contribution is -0.120. The molecule has 1 saturated carbocycles. The van der Waals surface area contributed by atoms with Crippen LogP contribution in [-0.4, -0.2) is 31.5 Å². The molecule has 2 rings (SSSR count). The van der Waals surface area contributed by atoms with E-state index in [1.165, 1.54) is 0 Å². The molecular formula is C14H18N2O3. The third-order valence-corrected chi connectivity index (χ3v) is 2.85. The molecule has 1 aromatic carbocycles. The summed E-state index contributed by atoms with van der Waals surface area (Å²) in [6.45, 7) is 0.479. The molecule has 0 bridgehead atoms. The molecule has 5 nitrogen and oxygen atoms in total. The summed E-state index contributed by atoms with van der Waals surface area (Å²) in [5, 5.41) is 5.43. The number of carbonyl (C=O) groups excluding carboxylic acids is 2. The molecule has 0 heterocycles. The summed E-state index contributed by atoms with van der Waals surface area (Å²) in [6, 6.07) is 7.48. The van der Waals surface area contributed by atoms with Crippen LogP contribution in [0, 0.1) is 0 Å². The molecule has 1 aromatic rings. The van der Waals surface area contributed by atoms with Crippen molar-refractivity contribution in [2.24, 2.45) is 0 Å². The van der Waals surface area contributed by atoms with Crippen LogP contribution in [0.1, 0.15) is 28.8 Å². The van der Waals surface area contributed by atoms with Crippen molar-refractivity contribution in [1.82, 2.24) is 10.6 Å². The van der Waals surface area contributed by atoms with E-state index in [0.717, 1.165) is 18.4 Å². The molecule has 0 aromatic heterocycles. The van der Waals surface area contributed by atoms with Gasteiger partial charge in [0.2, 0.25) is 5.91 Å². The first kappa shape index (κ1) is 13.5. The van der Waals surface area contributed by atoms with Crippen LogP contribution >= 0.6 is 0 Å². The van der Waals surface area contributed by atoms with Gasteiger partial charge in [-0.1, -0.05) is 12.1 Å². The van der Waals surface area contributed by atoms with E-state index in [2.05, 4.69) is 10.6 Å². The van der Waals surface area contributed by atoms with Crippen molar-refractivity contribution in [2.45, 2.75) is 25.5 Å². The molecule has 2 N–H and O–H groups in total. The van der Waals surface area contributed by atoms with Crippen LogP contribution < -0.4 is 10.6 Å². The summed E-state index contributed by atoms with van der Waals surface area (Å²) >= 11 is 0. The summed E-state index contributed by atoms with van der Waals surface area (Å²) < 4.78 is 5.02. The molecule has 0 atom stereocenters. The largest absolute Gasteiger partial charge is 0.380 e. The van der Waals surface area contributed by atoms with Crippen LogP contribution in [0.5, 0.6) is 0 Å². The number of ether oxygens (including phenoxy) is 1. The van der Waals surface area contributed by atoms with Crippen molar-refractivity contribution in [2.75, 3.05) is 13.7 Å². The van der Waals surface area contributed by atoms with Crippen molar-refractivity contribution in [3.8, 4) is 0 Å². The lowest BCUT2D eigenvalue weighted by atomic mass is 10.1. The third-order valence-electron chi connectivity index (χ3n) is 2.85. The minimum absolute atomic E-state index is 0.0177. The van der Waals surface area contributed by atoms with Gasteiger partial charge in [0.05, 0.1) is 13.2 Å². The molecule has 1 fully saturated rings. The van der Waals surface area contributed by atoms with E-state index in [1.54, 1.807) is 25.3 Å². The third kappa shape index (κ3) is 4.37. The summed E-state index contributed by atoms with van der Waals surface area (Å²) in [5.74, 6) is -0.382. The Bertz CT molecular complexity index is 470. The molecule has 0 unspecified atom stereocenters. The maximum atomic E-state index is 11.9. The van der Waals surface area contributed by atoms with E-state index in [0.29, 0.717) is 18.2 Å². The predicted octanol–water partition coefficient (Wildman–Crippen LogP) is 0.841. The molecule has 0 radical (unpaired) electrons. The fraction of sp³-hybridized carbons (Fsp3) is 0.429. The van der Waals surface area contributed by atoms with Crippen LogP contribution in [0.25, 0.3) is 0 Å². The first-order valence-corrected chi connectivity index (χ1v) is 6.34. The van der Waals surface area contributed by atoms with E-state index in [4.69, 9.17) is 4.74 Å². The quantitative estimate of drug-likeness (QED) is 0.798. The first-order chi connectivity index (χ1) is 9.19. The fourth-order valence-electron chi connectivity index (χ4n) is 1.74. The number of benzene rings is 1. The Balaban J connectivity index is 1.84. The van der Waals surface area contributed by atoms with Gasteiger partial charge in [0, 0.05) is 18.7 Å². The minimum Gasteiger partial charge on any atom is -0.380 e. The average molecular weight is 262 g/mol. The normalized spacial score (nSPS) is 13.9. The number of methoxy groups -OCH3 is 1. The number of hydrogen-bond donors (Lipinski definition) is 2. The van der Waals surface area contributed by atoms with E-state index in [-0.39, 0.29) is 18.4 Å². The van der Waals surface area contributed by atoms with Crippen molar-refractivity contribution in [3.63, 3.8) is 0 Å². The maximum absolute atomic E-state index is 11.9. The number of rotatable bonds is 6. The molecule has 19 heavy (non-hydrogen) atoms. The van der Waals surface area contributed by atoms with Crippen LogP contribution in [0.4, 0.5) is 0 Å². The highest BCUT2D eigenvalue weighted by atomic mass is 16.5. The summed E-state index contributed by atoms with van der Waals surface area (Å²) in [5.41, 5.74) is 1.46. The Hall–Kier alpha value is -1.88. The Labute approximate surface area is 112 Å². The minimum atomic E-state index is -0.246. The number of nitrogens with one attached hydrogen (secondary N) is 2. The van der Waals surface area contributed by atoms with Crippen LogP contribution in [0.3, 0.4) is 0 Å². The first-order valence-electron chi connectivity index (χ1n) is 6.34. The summed E-state index contributed by atoms with van der Waals surface area (Å²) in [4.78, 5) is 23.3. The van der Waals surface area contributed by atoms with Gasteiger partial charge >= 0.3 is 0 Å². The van der Waals surface area contributed by atoms with Gasteiger partial charge < -0.3 is 15.4 Å². The van der Waals surface area contributed by atoms with Gasteiger partial charge in [0.25, 0.3) is 5.91 Å². The lowest BCUT2D eigenvalue weighted by Gasteiger charge is -2.07. The molecular weight excluding hydrogens is 244 g/mol. The molecule has 2 amide bonds. The standard InChI is InChI=1S/C14H18N2O3/c1-19-9-10-3-2-4-11(7-10)14(18)15-8-13(17)16-12-5-6-12/h2-4,7,12H,5-6,8-9H2,1H3,(H,15,18)(H,16,17). The zero-order chi connectivity index (χ0) is 13.7. The predicted molar refractivity (Wildman–Crippen MR) is 70.7 cm³/mol. The zero-order valence-corrected chi connectivity index (χ0v) is 10.9. The fourth-order valence-corrected chi connectivity index (χ4v) is 1.74. The molecule has 1 aliphatic rings. The van der Waals surface area contributed by atoms with Gasteiger partial charge in [-0.05, 0) is 30.5 Å². The average Bonchev–Trinajstić information content (AvgIpc) is 3.20. The van der Waals surface area contributed by atoms with Gasteiger partial charge in [0.1, 0.15) is 0 Å². The van der Waals surface area contributed by atoms with Crippen molar-refractivity contribution in [3.05, 3.63) is 35.4 Å². The second-order valence-electron chi connectivity index (χ2n) is 4.66. The van der Waals surface area contributed by atoms with E-state index >= 15 is 0 Å². The van der Waals surface area contributed by atoms with E-state index in [1.807, 2.05) is 6.07 Å². The smallest absolute Gasteiger partial charge is 0.251 e. The van der Waals surface area contributed by atoms with Crippen molar-refractivity contribution in [1.29, 1.82) is 0 Å². The highest BCUT2D eigenvalue weighted by molar-refractivity contribution is 5.96. The van der Waals surface area contributed by atoms with E-state index in [9.17, 15) is 9.59 Å². The van der Waals surface area contributed by atoms with Gasteiger partial charge in [0.15, 0.2) is 0 Å². The topological polar surface area (TPSA) is 67.4 Å². The molecule has 1 aliphatic carbocycles. The Morgan fingerprint density at radius 2 is 2.16 bits per heavy atom. The lowest BCUT2D eigenvalue weighted by Crippen LogP contribution is -2.37. The number of amides is 2. The molecule has 102 valence electrons. The Morgan fingerprint density at radius 1 is 1.37 bits per heavy atom. The summed E-state index contributed by atoms with van der Waals surface area (Å²) in [7, 11) is 1.61. The second kappa shape index (κ2) is 6.33. The molecule has 5 heteroatoms. The number of carbonyl (C=O) groups is 2. The highest BCUT2D eigenvalue weighted by Crippen LogP contribution is 2.18. The van der Waals surface area contributed by atoms with E-state index < -0.39 is 0 Å². The van der Waals surface area contributed by atoms with Crippen LogP contribution in [-0.2, 0) is 16.1 Å². The van der Waals surface area contributed by atoms with Crippen LogP contribution in [0.2, 0.25) is 0 Å². The van der Waals surface area contributed by atoms with Gasteiger partial charge in [-0.15, -0.1) is 0 Å². The summed E-state index contributed by atoms with van der Waals surface area (Å²) in [6.07, 6.45) is 2.08. The zero-order valence-electron chi connectivity index (χ0n) is 10.9.